The number of unbranched alkanes of at least 4 members (excludes halogenated alkanes) is 1. The van der Waals surface area contributed by atoms with Crippen LogP contribution in [0.25, 0.3) is 0 Å². The highest BCUT2D eigenvalue weighted by Gasteiger charge is 2.34. The number of hydrogen-bond acceptors (Lipinski definition) is 5. The summed E-state index contributed by atoms with van der Waals surface area (Å²) in [6.45, 7) is 9.84. The number of nitrogens with zero attached hydrogens (tertiary/aromatic N) is 2. The van der Waals surface area contributed by atoms with Gasteiger partial charge in [-0.05, 0) is 32.1 Å². The molecule has 152 valence electrons. The lowest BCUT2D eigenvalue weighted by molar-refractivity contribution is 0.0518. The molecule has 1 fully saturated rings. The molecule has 0 atom stereocenters. The number of pyridine rings is 1. The van der Waals surface area contributed by atoms with Gasteiger partial charge in [0.05, 0.1) is 13.2 Å². The van der Waals surface area contributed by atoms with Gasteiger partial charge >= 0.3 is 5.97 Å². The number of fused-ring (bicyclic) bond motifs is 1. The lowest BCUT2D eigenvalue weighted by Gasteiger charge is -2.37. The monoisotopic (exact) mass is 388 g/mol. The molecule has 3 rings (SSSR count). The smallest absolute Gasteiger partial charge is 0.343 e. The fourth-order valence-electron chi connectivity index (χ4n) is 3.69. The third kappa shape index (κ3) is 3.98. The summed E-state index contributed by atoms with van der Waals surface area (Å²) in [5.41, 5.74) is 0.786. The molecule has 2 heterocycles. The Balaban J connectivity index is 1.94. The van der Waals surface area contributed by atoms with E-state index in [0.29, 0.717) is 32.2 Å². The Bertz CT molecular complexity index is 834. The van der Waals surface area contributed by atoms with E-state index in [9.17, 15) is 14.4 Å². The zero-order chi connectivity index (χ0) is 20.3. The highest BCUT2D eigenvalue weighted by molar-refractivity contribution is 5.98. The second kappa shape index (κ2) is 8.63. The van der Waals surface area contributed by atoms with E-state index < -0.39 is 11.4 Å². The Kier molecular flexibility index (Phi) is 6.21. The largest absolute Gasteiger partial charge is 0.487 e. The molecule has 1 aromatic heterocycles. The summed E-state index contributed by atoms with van der Waals surface area (Å²) >= 11 is 0. The van der Waals surface area contributed by atoms with Crippen molar-refractivity contribution in [3.8, 4) is 5.75 Å². The van der Waals surface area contributed by atoms with Crippen molar-refractivity contribution in [3.05, 3.63) is 39.8 Å². The van der Waals surface area contributed by atoms with Crippen molar-refractivity contribution < 1.29 is 19.1 Å². The molecule has 1 amide bonds. The molecule has 1 aliphatic heterocycles. The summed E-state index contributed by atoms with van der Waals surface area (Å²) in [5, 5.41) is 0. The van der Waals surface area contributed by atoms with Crippen molar-refractivity contribution in [2.75, 3.05) is 26.3 Å². The second-order valence-electron chi connectivity index (χ2n) is 7.44. The summed E-state index contributed by atoms with van der Waals surface area (Å²) in [6, 6.07) is 0. The van der Waals surface area contributed by atoms with Gasteiger partial charge in [-0.1, -0.05) is 25.5 Å². The Morgan fingerprint density at radius 3 is 2.64 bits per heavy atom. The van der Waals surface area contributed by atoms with E-state index in [4.69, 9.17) is 9.47 Å². The molecule has 1 aliphatic carbocycles. The third-order valence-corrected chi connectivity index (χ3v) is 5.21. The van der Waals surface area contributed by atoms with Crippen LogP contribution in [0, 0.1) is 5.92 Å². The molecule has 2 aliphatic rings. The molecule has 28 heavy (non-hydrogen) atoms. The molecule has 1 aromatic rings. The number of carbonyl (C=O) groups is 2. The highest BCUT2D eigenvalue weighted by atomic mass is 16.5. The van der Waals surface area contributed by atoms with Gasteiger partial charge in [0.2, 0.25) is 5.43 Å². The van der Waals surface area contributed by atoms with E-state index in [1.54, 1.807) is 16.4 Å². The van der Waals surface area contributed by atoms with Gasteiger partial charge in [0.25, 0.3) is 5.91 Å². The fourth-order valence-corrected chi connectivity index (χ4v) is 3.69. The van der Waals surface area contributed by atoms with Crippen LogP contribution in [0.15, 0.2) is 23.1 Å². The fraction of sp³-hybridized carbons (Fsp3) is 0.571. The van der Waals surface area contributed by atoms with Crippen LogP contribution in [-0.2, 0) is 11.3 Å². The van der Waals surface area contributed by atoms with E-state index in [0.717, 1.165) is 25.7 Å². The standard InChI is InChI=1S/C21H28N2O5/c1-4-6-9-28-19-17-20(25)23(12-15-10-14(3)11-15)8-7-22(17)13-16(18(19)24)21(26)27-5-2/h13,15H,3-12H2,1-2H3. The molecule has 0 N–H and O–H groups in total. The summed E-state index contributed by atoms with van der Waals surface area (Å²) in [7, 11) is 0. The molecule has 0 unspecified atom stereocenters. The minimum atomic E-state index is -0.689. The van der Waals surface area contributed by atoms with Gasteiger partial charge < -0.3 is 18.9 Å². The average Bonchev–Trinajstić information content (AvgIpc) is 2.64. The first kappa shape index (κ1) is 20.2. The summed E-state index contributed by atoms with van der Waals surface area (Å²) in [5.74, 6) is -0.515. The molecule has 0 radical (unpaired) electrons. The maximum absolute atomic E-state index is 13.1. The van der Waals surface area contributed by atoms with E-state index in [2.05, 4.69) is 6.58 Å². The Morgan fingerprint density at radius 1 is 1.25 bits per heavy atom. The first-order valence-electron chi connectivity index (χ1n) is 9.99. The maximum Gasteiger partial charge on any atom is 0.343 e. The van der Waals surface area contributed by atoms with Crippen LogP contribution >= 0.6 is 0 Å². The van der Waals surface area contributed by atoms with Crippen molar-refractivity contribution in [3.63, 3.8) is 0 Å². The predicted molar refractivity (Wildman–Crippen MR) is 105 cm³/mol. The minimum Gasteiger partial charge on any atom is -0.487 e. The molecule has 0 aromatic carbocycles. The van der Waals surface area contributed by atoms with Crippen molar-refractivity contribution in [1.82, 2.24) is 9.47 Å². The number of rotatable bonds is 8. The number of amides is 1. The average molecular weight is 388 g/mol. The number of ether oxygens (including phenoxy) is 2. The Hall–Kier alpha value is -2.57. The van der Waals surface area contributed by atoms with E-state index in [-0.39, 0.29) is 29.5 Å². The summed E-state index contributed by atoms with van der Waals surface area (Å²) in [6.07, 6.45) is 4.97. The number of hydrogen-bond donors (Lipinski definition) is 0. The van der Waals surface area contributed by atoms with Crippen LogP contribution in [0.2, 0.25) is 0 Å². The molecule has 7 nitrogen and oxygen atoms in total. The Morgan fingerprint density at radius 2 is 2.00 bits per heavy atom. The highest BCUT2D eigenvalue weighted by Crippen LogP contribution is 2.33. The first-order valence-corrected chi connectivity index (χ1v) is 9.99. The van der Waals surface area contributed by atoms with Crippen LogP contribution in [0.4, 0.5) is 0 Å². The van der Waals surface area contributed by atoms with Gasteiger partial charge in [0, 0.05) is 25.8 Å². The molecule has 7 heteroatoms. The van der Waals surface area contributed by atoms with Gasteiger partial charge in [-0.2, -0.15) is 0 Å². The topological polar surface area (TPSA) is 77.8 Å². The second-order valence-corrected chi connectivity index (χ2v) is 7.44. The van der Waals surface area contributed by atoms with Crippen LogP contribution in [0.5, 0.6) is 5.75 Å². The molecular formula is C21H28N2O5. The normalized spacial score (nSPS) is 16.6. The number of esters is 1. The van der Waals surface area contributed by atoms with Crippen molar-refractivity contribution in [1.29, 1.82) is 0 Å². The van der Waals surface area contributed by atoms with Crippen LogP contribution < -0.4 is 10.2 Å². The van der Waals surface area contributed by atoms with Gasteiger partial charge in [0.1, 0.15) is 5.56 Å². The van der Waals surface area contributed by atoms with Crippen molar-refractivity contribution in [2.24, 2.45) is 5.92 Å². The van der Waals surface area contributed by atoms with Gasteiger partial charge in [0.15, 0.2) is 11.4 Å². The van der Waals surface area contributed by atoms with Crippen LogP contribution in [0.1, 0.15) is 60.4 Å². The predicted octanol–water partition coefficient (Wildman–Crippen LogP) is 2.63. The molecule has 0 saturated heterocycles. The van der Waals surface area contributed by atoms with E-state index in [1.165, 1.54) is 11.8 Å². The lowest BCUT2D eigenvalue weighted by Crippen LogP contribution is -2.45. The minimum absolute atomic E-state index is 0.0354. The maximum atomic E-state index is 13.1. The Labute approximate surface area is 164 Å². The van der Waals surface area contributed by atoms with Gasteiger partial charge in [-0.25, -0.2) is 4.79 Å². The van der Waals surface area contributed by atoms with E-state index >= 15 is 0 Å². The molecule has 1 saturated carbocycles. The van der Waals surface area contributed by atoms with Gasteiger partial charge in [-0.3, -0.25) is 9.59 Å². The third-order valence-electron chi connectivity index (χ3n) is 5.21. The zero-order valence-corrected chi connectivity index (χ0v) is 16.7. The van der Waals surface area contributed by atoms with Crippen molar-refractivity contribution >= 4 is 11.9 Å². The summed E-state index contributed by atoms with van der Waals surface area (Å²) < 4.78 is 12.4. The number of aromatic nitrogens is 1. The number of carbonyl (C=O) groups excluding carboxylic acids is 2. The zero-order valence-electron chi connectivity index (χ0n) is 16.7. The van der Waals surface area contributed by atoms with Gasteiger partial charge in [-0.15, -0.1) is 0 Å². The summed E-state index contributed by atoms with van der Waals surface area (Å²) in [4.78, 5) is 40.0. The SMILES string of the molecule is C=C1CC(CN2CCn3cc(C(=O)OCC)c(=O)c(OCCCC)c3C2=O)C1. The van der Waals surface area contributed by atoms with Crippen LogP contribution in [-0.4, -0.2) is 47.6 Å². The lowest BCUT2D eigenvalue weighted by atomic mass is 9.80. The molecular weight excluding hydrogens is 360 g/mol. The van der Waals surface area contributed by atoms with Crippen molar-refractivity contribution in [2.45, 2.75) is 46.1 Å². The quantitative estimate of drug-likeness (QED) is 0.389. The first-order chi connectivity index (χ1) is 13.5. The molecule has 0 bridgehead atoms. The molecule has 0 spiro atoms. The number of allylic oxidation sites excluding steroid dienone is 1. The van der Waals surface area contributed by atoms with Crippen LogP contribution in [0.3, 0.4) is 0 Å². The van der Waals surface area contributed by atoms with E-state index in [1.807, 2.05) is 6.92 Å².